The van der Waals surface area contributed by atoms with E-state index in [9.17, 15) is 5.26 Å². The molecule has 0 saturated heterocycles. The van der Waals surface area contributed by atoms with Crippen LogP contribution in [-0.2, 0) is 0 Å². The Hall–Kier alpha value is -8.00. The van der Waals surface area contributed by atoms with Crippen molar-refractivity contribution in [2.75, 3.05) is 0 Å². The Morgan fingerprint density at radius 1 is 0.365 bits per heavy atom. The fourth-order valence-corrected chi connectivity index (χ4v) is 19.2. The third-order valence-electron chi connectivity index (χ3n) is 21.7. The fourth-order valence-electron chi connectivity index (χ4n) is 19.2. The van der Waals surface area contributed by atoms with Crippen LogP contribution >= 0.6 is 0 Å². The van der Waals surface area contributed by atoms with Gasteiger partial charge in [0, 0.05) is 60.8 Å². The summed E-state index contributed by atoms with van der Waals surface area (Å²) in [4.78, 5) is 5.66. The number of hydrogen-bond acceptors (Lipinski definition) is 2. The van der Waals surface area contributed by atoms with Crippen LogP contribution in [0.5, 0.6) is 0 Å². The summed E-state index contributed by atoms with van der Waals surface area (Å²) in [6.07, 6.45) is 12.6. The summed E-state index contributed by atoms with van der Waals surface area (Å²) in [5.74, 6) is 2.73. The minimum Gasteiger partial charge on any atom is -0.308 e. The molecule has 0 amide bonds. The van der Waals surface area contributed by atoms with E-state index in [1.807, 2.05) is 0 Å². The SMILES string of the molecule is N#Cc1cc2c(c3c1C1c4ccccc4C3c3ccccc31)c1c3c(cc4c5cc6c(cc5n2c41)c1cc2c(c4c5c7c(ncc5n6c14)C1c4ccccc4C7c4ccccc41)C1CCC2CC1)C1CCC3CC1. The van der Waals surface area contributed by atoms with E-state index >= 15 is 0 Å². The maximum absolute atomic E-state index is 11.5. The maximum atomic E-state index is 11.5. The van der Waals surface area contributed by atoms with E-state index in [2.05, 4.69) is 148 Å². The quantitative estimate of drug-likeness (QED) is 0.152. The highest BCUT2D eigenvalue weighted by Gasteiger charge is 2.48. The molecule has 2 saturated carbocycles. The summed E-state index contributed by atoms with van der Waals surface area (Å²) >= 11 is 0. The van der Waals surface area contributed by atoms with Crippen LogP contribution in [0, 0.1) is 11.3 Å². The van der Waals surface area contributed by atoms with Crippen LogP contribution in [-0.4, -0.2) is 13.8 Å². The van der Waals surface area contributed by atoms with Gasteiger partial charge in [0.25, 0.3) is 0 Å². The number of benzene rings is 8. The van der Waals surface area contributed by atoms with Gasteiger partial charge in [-0.2, -0.15) is 5.26 Å². The minimum absolute atomic E-state index is 0.0415. The van der Waals surface area contributed by atoms with E-state index < -0.39 is 0 Å². The van der Waals surface area contributed by atoms with Crippen molar-refractivity contribution in [2.24, 2.45) is 0 Å². The van der Waals surface area contributed by atoms with Gasteiger partial charge in [0.05, 0.1) is 62.5 Å². The van der Waals surface area contributed by atoms with Crippen molar-refractivity contribution in [3.05, 3.63) is 228 Å². The molecule has 0 unspecified atom stereocenters. The maximum Gasteiger partial charge on any atom is 0.0995 e. The predicted octanol–water partition coefficient (Wildman–Crippen LogP) is 16.7. The van der Waals surface area contributed by atoms with Gasteiger partial charge in [-0.1, -0.05) is 97.1 Å². The summed E-state index contributed by atoms with van der Waals surface area (Å²) < 4.78 is 5.37. The van der Waals surface area contributed by atoms with E-state index in [1.54, 1.807) is 22.3 Å². The Kier molecular flexibility index (Phi) is 6.28. The second-order valence-electron chi connectivity index (χ2n) is 24.3. The van der Waals surface area contributed by atoms with Crippen LogP contribution in [0.25, 0.3) is 76.2 Å². The summed E-state index contributed by atoms with van der Waals surface area (Å²) in [5.41, 5.74) is 31.9. The van der Waals surface area contributed by atoms with Crippen molar-refractivity contribution >= 4 is 76.2 Å². The Labute approximate surface area is 426 Å². The zero-order chi connectivity index (χ0) is 47.3. The van der Waals surface area contributed by atoms with Crippen molar-refractivity contribution in [2.45, 2.75) is 98.7 Å². The highest BCUT2D eigenvalue weighted by molar-refractivity contribution is 6.31. The van der Waals surface area contributed by atoms with Gasteiger partial charge in [-0.15, -0.1) is 0 Å². The average Bonchev–Trinajstić information content (AvgIpc) is 4.26. The van der Waals surface area contributed by atoms with Crippen LogP contribution < -0.4 is 0 Å². The van der Waals surface area contributed by atoms with Crippen LogP contribution in [0.15, 0.2) is 134 Å². The first-order valence-corrected chi connectivity index (χ1v) is 27.9. The predicted molar refractivity (Wildman–Crippen MR) is 296 cm³/mol. The molecule has 0 atom stereocenters. The monoisotopic (exact) mass is 942 g/mol. The largest absolute Gasteiger partial charge is 0.308 e. The molecule has 8 bridgehead atoms. The molecular formula is C70H46N4. The molecule has 5 aromatic heterocycles. The van der Waals surface area contributed by atoms with Crippen LogP contribution in [0.2, 0.25) is 0 Å². The number of pyridine rings is 1. The first-order valence-electron chi connectivity index (χ1n) is 27.9. The molecule has 12 aliphatic rings. The third kappa shape index (κ3) is 3.91. The van der Waals surface area contributed by atoms with Crippen LogP contribution in [0.1, 0.15) is 193 Å². The molecule has 74 heavy (non-hydrogen) atoms. The Balaban J connectivity index is 0.938. The molecule has 0 N–H and O–H groups in total. The second-order valence-corrected chi connectivity index (χ2v) is 24.3. The molecule has 2 fully saturated rings. The lowest BCUT2D eigenvalue weighted by Crippen LogP contribution is -2.28. The minimum atomic E-state index is 0.0415. The lowest BCUT2D eigenvalue weighted by molar-refractivity contribution is 0.361. The van der Waals surface area contributed by atoms with Gasteiger partial charge in [0.1, 0.15) is 0 Å². The summed E-state index contributed by atoms with van der Waals surface area (Å²) in [5, 5.41) is 22.8. The average molecular weight is 943 g/mol. The number of fused-ring (bicyclic) bond motifs is 16. The molecule has 25 rings (SSSR count). The number of rotatable bonds is 0. The molecule has 8 aromatic carbocycles. The zero-order valence-electron chi connectivity index (χ0n) is 40.8. The lowest BCUT2D eigenvalue weighted by atomic mass is 9.59. The van der Waals surface area contributed by atoms with Crippen LogP contribution in [0.3, 0.4) is 0 Å². The smallest absolute Gasteiger partial charge is 0.0995 e. The molecule has 346 valence electrons. The van der Waals surface area contributed by atoms with E-state index in [4.69, 9.17) is 4.98 Å². The van der Waals surface area contributed by atoms with Crippen molar-refractivity contribution in [3.63, 3.8) is 0 Å². The van der Waals surface area contributed by atoms with Gasteiger partial charge in [0.2, 0.25) is 0 Å². The number of hydrogen-bond donors (Lipinski definition) is 0. The van der Waals surface area contributed by atoms with Crippen molar-refractivity contribution in [1.29, 1.82) is 5.26 Å². The van der Waals surface area contributed by atoms with Gasteiger partial charge in [-0.3, -0.25) is 4.98 Å². The number of nitriles is 1. The van der Waals surface area contributed by atoms with Gasteiger partial charge in [-0.05, 0) is 189 Å². The van der Waals surface area contributed by atoms with Gasteiger partial charge >= 0.3 is 0 Å². The Bertz CT molecular complexity index is 4830. The van der Waals surface area contributed by atoms with Gasteiger partial charge < -0.3 is 8.80 Å². The lowest BCUT2D eigenvalue weighted by Gasteiger charge is -2.43. The molecule has 5 heterocycles. The van der Waals surface area contributed by atoms with E-state index in [0.29, 0.717) is 23.7 Å². The van der Waals surface area contributed by atoms with Gasteiger partial charge in [0.15, 0.2) is 0 Å². The van der Waals surface area contributed by atoms with Crippen molar-refractivity contribution < 1.29 is 0 Å². The summed E-state index contributed by atoms with van der Waals surface area (Å²) in [6.45, 7) is 0. The fraction of sp³-hybridized carbons (Fsp3) is 0.229. The molecule has 0 radical (unpaired) electrons. The van der Waals surface area contributed by atoms with Crippen molar-refractivity contribution in [1.82, 2.24) is 13.8 Å². The third-order valence-corrected chi connectivity index (χ3v) is 21.7. The molecule has 13 aromatic rings. The number of aromatic nitrogens is 3. The summed E-state index contributed by atoms with van der Waals surface area (Å²) in [7, 11) is 0. The van der Waals surface area contributed by atoms with E-state index in [-0.39, 0.29) is 23.7 Å². The van der Waals surface area contributed by atoms with Gasteiger partial charge in [-0.25, -0.2) is 0 Å². The molecule has 4 nitrogen and oxygen atoms in total. The molecule has 4 heteroatoms. The Morgan fingerprint density at radius 2 is 0.770 bits per heavy atom. The highest BCUT2D eigenvalue weighted by atomic mass is 15.0. The van der Waals surface area contributed by atoms with E-state index in [1.165, 1.54) is 194 Å². The van der Waals surface area contributed by atoms with Crippen molar-refractivity contribution in [3.8, 4) is 6.07 Å². The van der Waals surface area contributed by atoms with E-state index in [0.717, 1.165) is 5.56 Å². The molecule has 0 spiro atoms. The highest BCUT2D eigenvalue weighted by Crippen LogP contribution is 2.64. The molecule has 0 aliphatic heterocycles. The molecular weight excluding hydrogens is 897 g/mol. The normalized spacial score (nSPS) is 24.9. The molecule has 12 aliphatic carbocycles. The standard InChI is InChI=1S/C70H46N4/c71-30-36-25-53-62(64-57(36)58-37-9-1-3-11-39(37)59(64)40-12-4-2-10-38(40)58)66-55-34-21-17-32(18-22-34)45(55)26-49-47-29-52-48(28-51(47)73(53)69(49)66)50-27-46-33-19-23-35(24-20-33)56(46)67-63-54(74(52)70(50)67)31-72-68-61-43-15-7-5-13-41(43)60(65(63)68)42-14-6-8-16-44(42)61/h1-16,25-29,31-35,58-61H,17-24H2. The van der Waals surface area contributed by atoms with Crippen LogP contribution in [0.4, 0.5) is 0 Å². The summed E-state index contributed by atoms with van der Waals surface area (Å²) in [6, 6.07) is 52.7. The Morgan fingerprint density at radius 3 is 1.24 bits per heavy atom. The first-order chi connectivity index (χ1) is 36.7. The first kappa shape index (κ1) is 37.7. The zero-order valence-corrected chi connectivity index (χ0v) is 40.8. The topological polar surface area (TPSA) is 45.5 Å². The second kappa shape index (κ2) is 12.3. The number of nitrogens with zero attached hydrogens (tertiary/aromatic N) is 4.